The molecule has 0 aromatic heterocycles. The fourth-order valence-electron chi connectivity index (χ4n) is 2.08. The van der Waals surface area contributed by atoms with Crippen LogP contribution in [0.15, 0.2) is 46.2 Å². The van der Waals surface area contributed by atoms with Crippen molar-refractivity contribution in [3.8, 4) is 0 Å². The third-order valence-corrected chi connectivity index (χ3v) is 4.77. The van der Waals surface area contributed by atoms with E-state index in [1.165, 1.54) is 6.07 Å². The fraction of sp³-hybridized carbons (Fsp3) is 0.143. The smallest absolute Gasteiger partial charge is 0.124 e. The molecule has 0 fully saturated rings. The van der Waals surface area contributed by atoms with E-state index in [1.807, 2.05) is 18.2 Å². The van der Waals surface area contributed by atoms with E-state index in [0.717, 1.165) is 20.9 Å². The van der Waals surface area contributed by atoms with E-state index in [9.17, 15) is 4.39 Å². The van der Waals surface area contributed by atoms with Gasteiger partial charge in [-0.1, -0.05) is 29.4 Å². The highest BCUT2D eigenvalue weighted by molar-refractivity contribution is 7.99. The fourth-order valence-corrected chi connectivity index (χ4v) is 3.85. The number of halogens is 3. The van der Waals surface area contributed by atoms with Gasteiger partial charge in [-0.2, -0.15) is 0 Å². The van der Waals surface area contributed by atoms with E-state index in [0.29, 0.717) is 11.4 Å². The molecule has 0 radical (unpaired) electrons. The lowest BCUT2D eigenvalue weighted by Gasteiger charge is -2.09. The SMILES string of the molecule is Fc1ccc2c(c1)Sc1ccc(Cl)cc1CC2Cl. The van der Waals surface area contributed by atoms with E-state index in [4.69, 9.17) is 23.2 Å². The Morgan fingerprint density at radius 1 is 1.11 bits per heavy atom. The lowest BCUT2D eigenvalue weighted by atomic mass is 10.0. The van der Waals surface area contributed by atoms with Crippen molar-refractivity contribution in [3.63, 3.8) is 0 Å². The first-order valence-electron chi connectivity index (χ1n) is 5.53. The van der Waals surface area contributed by atoms with Crippen molar-refractivity contribution in [3.05, 3.63) is 58.4 Å². The molecule has 0 aliphatic carbocycles. The zero-order chi connectivity index (χ0) is 12.7. The summed E-state index contributed by atoms with van der Waals surface area (Å²) in [4.78, 5) is 1.98. The molecule has 1 aliphatic heterocycles. The highest BCUT2D eigenvalue weighted by Crippen LogP contribution is 2.43. The molecule has 0 nitrogen and oxygen atoms in total. The first kappa shape index (κ1) is 12.3. The standard InChI is InChI=1S/C14H9Cl2FS/c15-9-1-4-13-8(5-9)6-12(16)11-3-2-10(17)7-14(11)18-13/h1-5,7,12H,6H2. The predicted octanol–water partition coefficient (Wildman–Crippen LogP) is 5.47. The Morgan fingerprint density at radius 3 is 2.78 bits per heavy atom. The molecule has 2 aromatic rings. The van der Waals surface area contributed by atoms with Crippen LogP contribution < -0.4 is 0 Å². The summed E-state index contributed by atoms with van der Waals surface area (Å²) in [5.74, 6) is -0.234. The Morgan fingerprint density at radius 2 is 1.94 bits per heavy atom. The minimum Gasteiger partial charge on any atom is -0.207 e. The summed E-state index contributed by atoms with van der Waals surface area (Å²) >= 11 is 14.0. The predicted molar refractivity (Wildman–Crippen MR) is 74.3 cm³/mol. The van der Waals surface area contributed by atoms with E-state index >= 15 is 0 Å². The van der Waals surface area contributed by atoms with Gasteiger partial charge in [-0.15, -0.1) is 11.6 Å². The van der Waals surface area contributed by atoms with Crippen LogP contribution in [0.5, 0.6) is 0 Å². The van der Waals surface area contributed by atoms with E-state index in [2.05, 4.69) is 0 Å². The van der Waals surface area contributed by atoms with Gasteiger partial charge in [-0.25, -0.2) is 4.39 Å². The van der Waals surface area contributed by atoms with Crippen molar-refractivity contribution in [1.29, 1.82) is 0 Å². The van der Waals surface area contributed by atoms with Crippen LogP contribution in [0.1, 0.15) is 16.5 Å². The highest BCUT2D eigenvalue weighted by atomic mass is 35.5. The molecule has 2 aromatic carbocycles. The summed E-state index contributed by atoms with van der Waals surface area (Å²) in [7, 11) is 0. The molecular formula is C14H9Cl2FS. The zero-order valence-electron chi connectivity index (χ0n) is 9.29. The molecule has 1 atom stereocenters. The van der Waals surface area contributed by atoms with Crippen LogP contribution in [0.25, 0.3) is 0 Å². The van der Waals surface area contributed by atoms with Gasteiger partial charge in [-0.05, 0) is 47.9 Å². The molecule has 92 valence electrons. The monoisotopic (exact) mass is 298 g/mol. The summed E-state index contributed by atoms with van der Waals surface area (Å²) in [5.41, 5.74) is 2.10. The number of benzene rings is 2. The zero-order valence-corrected chi connectivity index (χ0v) is 11.6. The highest BCUT2D eigenvalue weighted by Gasteiger charge is 2.21. The van der Waals surface area contributed by atoms with Crippen LogP contribution in [-0.2, 0) is 6.42 Å². The second kappa shape index (κ2) is 4.76. The Kier molecular flexibility index (Phi) is 3.27. The van der Waals surface area contributed by atoms with Crippen molar-refractivity contribution in [2.45, 2.75) is 21.6 Å². The first-order valence-corrected chi connectivity index (χ1v) is 7.16. The maximum Gasteiger partial charge on any atom is 0.124 e. The molecule has 1 unspecified atom stereocenters. The third kappa shape index (κ3) is 2.25. The minimum atomic E-state index is -0.234. The van der Waals surface area contributed by atoms with Crippen molar-refractivity contribution >= 4 is 35.0 Å². The van der Waals surface area contributed by atoms with Crippen LogP contribution in [0, 0.1) is 5.82 Å². The quantitative estimate of drug-likeness (QED) is 0.581. The first-order chi connectivity index (χ1) is 8.63. The van der Waals surface area contributed by atoms with Gasteiger partial charge in [0.1, 0.15) is 5.82 Å². The van der Waals surface area contributed by atoms with Crippen molar-refractivity contribution in [2.24, 2.45) is 0 Å². The Labute approximate surface area is 119 Å². The molecule has 0 saturated heterocycles. The van der Waals surface area contributed by atoms with Crippen LogP contribution in [0.3, 0.4) is 0 Å². The Bertz CT molecular complexity index is 613. The molecule has 0 bridgehead atoms. The van der Waals surface area contributed by atoms with Gasteiger partial charge in [0.2, 0.25) is 0 Å². The van der Waals surface area contributed by atoms with Crippen molar-refractivity contribution in [1.82, 2.24) is 0 Å². The molecule has 1 aliphatic rings. The lowest BCUT2D eigenvalue weighted by molar-refractivity contribution is 0.622. The average Bonchev–Trinajstić information content (AvgIpc) is 2.44. The summed E-state index contributed by atoms with van der Waals surface area (Å²) < 4.78 is 13.3. The third-order valence-electron chi connectivity index (χ3n) is 2.95. The molecule has 0 N–H and O–H groups in total. The maximum absolute atomic E-state index is 13.3. The molecule has 1 heterocycles. The second-order valence-corrected chi connectivity index (χ2v) is 6.25. The topological polar surface area (TPSA) is 0 Å². The average molecular weight is 299 g/mol. The minimum absolute atomic E-state index is 0.146. The van der Waals surface area contributed by atoms with Crippen LogP contribution >= 0.6 is 35.0 Å². The van der Waals surface area contributed by atoms with Gasteiger partial charge in [0.25, 0.3) is 0 Å². The number of hydrogen-bond donors (Lipinski definition) is 0. The van der Waals surface area contributed by atoms with Gasteiger partial charge in [0.05, 0.1) is 5.38 Å². The summed E-state index contributed by atoms with van der Waals surface area (Å²) in [5, 5.41) is 0.558. The maximum atomic E-state index is 13.3. The summed E-state index contributed by atoms with van der Waals surface area (Å²) in [6, 6.07) is 10.5. The van der Waals surface area contributed by atoms with E-state index < -0.39 is 0 Å². The molecule has 4 heteroatoms. The molecule has 3 rings (SSSR count). The van der Waals surface area contributed by atoms with E-state index in [1.54, 1.807) is 23.9 Å². The number of alkyl halides is 1. The van der Waals surface area contributed by atoms with Gasteiger partial charge < -0.3 is 0 Å². The normalized spacial score (nSPS) is 17.8. The molecule has 0 spiro atoms. The van der Waals surface area contributed by atoms with E-state index in [-0.39, 0.29) is 11.2 Å². The van der Waals surface area contributed by atoms with Crippen LogP contribution in [0.4, 0.5) is 4.39 Å². The number of rotatable bonds is 0. The number of hydrogen-bond acceptors (Lipinski definition) is 1. The van der Waals surface area contributed by atoms with Gasteiger partial charge in [0.15, 0.2) is 0 Å². The lowest BCUT2D eigenvalue weighted by Crippen LogP contribution is -1.95. The van der Waals surface area contributed by atoms with Gasteiger partial charge >= 0.3 is 0 Å². The summed E-state index contributed by atoms with van der Waals surface area (Å²) in [6.07, 6.45) is 0.711. The van der Waals surface area contributed by atoms with Crippen LogP contribution in [-0.4, -0.2) is 0 Å². The summed E-state index contributed by atoms with van der Waals surface area (Å²) in [6.45, 7) is 0. The molecule has 0 saturated carbocycles. The Hall–Kier alpha value is -0.700. The molecule has 18 heavy (non-hydrogen) atoms. The largest absolute Gasteiger partial charge is 0.207 e. The van der Waals surface area contributed by atoms with Crippen molar-refractivity contribution in [2.75, 3.05) is 0 Å². The molecule has 0 amide bonds. The molecular weight excluding hydrogens is 290 g/mol. The van der Waals surface area contributed by atoms with Gasteiger partial charge in [-0.3, -0.25) is 0 Å². The Balaban J connectivity index is 2.14. The number of fused-ring (bicyclic) bond motifs is 2. The second-order valence-electron chi connectivity index (χ2n) is 4.21. The van der Waals surface area contributed by atoms with Crippen LogP contribution in [0.2, 0.25) is 5.02 Å². The van der Waals surface area contributed by atoms with Gasteiger partial charge in [0, 0.05) is 14.8 Å². The van der Waals surface area contributed by atoms with Crippen molar-refractivity contribution < 1.29 is 4.39 Å².